The Hall–Kier alpha value is -23.2. The monoisotopic (exact) mass is 1340 g/mol. The van der Waals surface area contributed by atoms with Crippen LogP contribution in [-0.4, -0.2) is 13.2 Å². The van der Waals surface area contributed by atoms with E-state index in [0.717, 1.165) is 0 Å². The van der Waals surface area contributed by atoms with Crippen LogP contribution in [0.25, 0.3) is 0 Å². The van der Waals surface area contributed by atoms with Crippen LogP contribution in [-0.2, 0) is 0 Å². The van der Waals surface area contributed by atoms with Crippen LogP contribution in [0.2, 0.25) is 0 Å². The smallest absolute Gasteiger partial charge is 0.130 e. The Balaban J connectivity index is 7.26. The molecule has 2 heteroatoms. The van der Waals surface area contributed by atoms with E-state index in [2.05, 4.69) is 621 Å². The molecule has 0 N–H and O–H groups in total. The van der Waals surface area contributed by atoms with Gasteiger partial charge in [-0.3, -0.25) is 0 Å². The summed E-state index contributed by atoms with van der Waals surface area (Å²) in [5.74, 6) is 267. The van der Waals surface area contributed by atoms with Crippen LogP contribution in [0.4, 0.5) is 0 Å². The predicted molar refractivity (Wildman–Crippen MR) is 442 cm³/mol. The Morgan fingerprint density at radius 2 is 0.171 bits per heavy atom. The zero-order chi connectivity index (χ0) is 79.4. The summed E-state index contributed by atoms with van der Waals surface area (Å²) in [7, 11) is 0. The van der Waals surface area contributed by atoms with Crippen molar-refractivity contribution in [2.75, 3.05) is 0 Å². The number of rotatable bonds is 1. The van der Waals surface area contributed by atoms with Crippen LogP contribution in [0.5, 0.6) is 0 Å². The number of hydrogen-bond acceptors (Lipinski definition) is 0. The van der Waals surface area contributed by atoms with E-state index >= 15 is 0 Å². The molecule has 0 rings (SSSR count). The summed E-state index contributed by atoms with van der Waals surface area (Å²) < 4.78 is 0. The van der Waals surface area contributed by atoms with Gasteiger partial charge in [-0.05, 0) is 400 Å². The summed E-state index contributed by atoms with van der Waals surface area (Å²) >= 11 is 0. The number of terminal acetylenes is 1. The molecular formula is C109H10B2. The van der Waals surface area contributed by atoms with Gasteiger partial charge < -0.3 is 0 Å². The Kier molecular flexibility index (Phi) is 65.6. The second-order valence-corrected chi connectivity index (χ2v) is 14.6. The first-order valence-electron chi connectivity index (χ1n) is 28.5. The molecule has 0 bridgehead atoms. The van der Waals surface area contributed by atoms with E-state index in [1.165, 1.54) is 0 Å². The molecule has 0 atom stereocenters. The largest absolute Gasteiger partial charge is 0.317 e. The summed E-state index contributed by atoms with van der Waals surface area (Å²) in [4.78, 5) is 0. The molecule has 0 nitrogen and oxygen atoms in total. The minimum atomic E-state index is -0.933. The molecule has 0 aromatic carbocycles. The summed E-state index contributed by atoms with van der Waals surface area (Å²) in [5, 5.41) is 0. The third kappa shape index (κ3) is 77.4. The highest BCUT2D eigenvalue weighted by Gasteiger charge is 2.24. The summed E-state index contributed by atoms with van der Waals surface area (Å²) in [6.07, 6.45) is 4.99. The van der Waals surface area contributed by atoms with Gasteiger partial charge in [0.2, 0.25) is 0 Å². The molecule has 0 aromatic rings. The van der Waals surface area contributed by atoms with Gasteiger partial charge in [-0.25, -0.2) is 0 Å². The minimum Gasteiger partial charge on any atom is -0.130 e. The molecule has 0 aliphatic rings. The normalized spacial score (nSPS) is 4.20. The SMILES string of the molecule is C#CC#CC#CC#CC#CC#CC#CC#CC#CC#CC#CC#CC#CC#CB(C#CC#CC#CC#CC#CC#CC#CC#CC#CC#CC#CC#CC#CC)B(C#CC#CC#CC#CC#CC#CC#CC#CC#CC#CC#CC#CC#CC)C#CC#CC#CC#CC#CC#CC#CC#CC#CC#CC#CC#CC#CC. The van der Waals surface area contributed by atoms with Crippen LogP contribution >= 0.6 is 0 Å². The lowest BCUT2D eigenvalue weighted by Gasteiger charge is -1.95. The van der Waals surface area contributed by atoms with E-state index in [-0.39, 0.29) is 0 Å². The zero-order valence-electron chi connectivity index (χ0n) is 57.2. The molecule has 0 fully saturated rings. The van der Waals surface area contributed by atoms with E-state index in [9.17, 15) is 0 Å². The van der Waals surface area contributed by atoms with Gasteiger partial charge in [-0.15, -0.1) is 29.7 Å². The first kappa shape index (κ1) is 87.8. The molecule has 0 saturated carbocycles. The van der Waals surface area contributed by atoms with Crippen molar-refractivity contribution in [3.63, 3.8) is 0 Å². The van der Waals surface area contributed by atoms with Crippen molar-refractivity contribution < 1.29 is 0 Å². The van der Waals surface area contributed by atoms with E-state index in [1.54, 1.807) is 20.8 Å². The number of hydrogen-bond donors (Lipinski definition) is 0. The van der Waals surface area contributed by atoms with Gasteiger partial charge >= 0.3 is 13.2 Å². The minimum absolute atomic E-state index is 0.933. The Morgan fingerprint density at radius 3 is 0.252 bits per heavy atom. The Labute approximate surface area is 657 Å². The lowest BCUT2D eigenvalue weighted by atomic mass is 9.10. The maximum absolute atomic E-state index is 4.99. The van der Waals surface area contributed by atoms with Crippen molar-refractivity contribution in [3.05, 3.63) is 0 Å². The third-order valence-electron chi connectivity index (χ3n) is 7.50. The van der Waals surface area contributed by atoms with Gasteiger partial charge in [0.25, 0.3) is 0 Å². The molecule has 452 valence electrons. The van der Waals surface area contributed by atoms with E-state index in [4.69, 9.17) is 6.42 Å². The second kappa shape index (κ2) is 82.9. The highest BCUT2D eigenvalue weighted by atomic mass is 13.7. The maximum atomic E-state index is 4.99. The standard InChI is InChI=1S/C109H10B2/c1-5-9-13-17-21-25-29-33-37-41-45-49-53-57-61-65-69-73-77-81-85-89-93-97-101-105-109-111(108-104-100-96-92-88-84-80-76-72-68-64-60-56-52-48-44-40-36-32-28-24-20-16-12-8-4)110(106-102-98-94-90-86-82-78-74-70-66-62-58-54-50-46-42-38-34-30-26-22-18-14-10-6-2)107-103-99-95-91-87-83-79-75-71-67-63-59-55-51-47-43-39-35-31-27-23-19-15-11-7-3/h1H,2-4H3. The van der Waals surface area contributed by atoms with Gasteiger partial charge in [0.05, 0.1) is 0 Å². The molecule has 0 aromatic heterocycles. The van der Waals surface area contributed by atoms with Gasteiger partial charge in [-0.1, -0.05) is 17.8 Å². The van der Waals surface area contributed by atoms with Crippen molar-refractivity contribution in [2.24, 2.45) is 0 Å². The van der Waals surface area contributed by atoms with Crippen LogP contribution in [0.1, 0.15) is 20.8 Å². The fourth-order valence-electron chi connectivity index (χ4n) is 3.87. The third-order valence-corrected chi connectivity index (χ3v) is 7.50. The quantitative estimate of drug-likeness (QED) is 0.273. The maximum Gasteiger partial charge on any atom is 0.317 e. The van der Waals surface area contributed by atoms with E-state index in [0.29, 0.717) is 0 Å². The van der Waals surface area contributed by atoms with E-state index < -0.39 is 13.2 Å². The lowest BCUT2D eigenvalue weighted by molar-refractivity contribution is 1.92. The topological polar surface area (TPSA) is 0 Å². The van der Waals surface area contributed by atoms with Crippen molar-refractivity contribution in [1.29, 1.82) is 0 Å². The first-order valence-corrected chi connectivity index (χ1v) is 28.5. The van der Waals surface area contributed by atoms with Crippen molar-refractivity contribution >= 4 is 13.2 Å². The molecule has 0 aliphatic carbocycles. The highest BCUT2D eigenvalue weighted by Crippen LogP contribution is 1.88. The van der Waals surface area contributed by atoms with Gasteiger partial charge in [0.15, 0.2) is 0 Å². The molecule has 111 heavy (non-hydrogen) atoms. The van der Waals surface area contributed by atoms with Crippen LogP contribution in [0.15, 0.2) is 0 Å². The van der Waals surface area contributed by atoms with Crippen LogP contribution in [0.3, 0.4) is 0 Å². The molecular weight excluding hydrogens is 1330 g/mol. The Bertz CT molecular complexity index is 7250. The van der Waals surface area contributed by atoms with Gasteiger partial charge in [0.1, 0.15) is 0 Å². The molecule has 0 heterocycles. The highest BCUT2D eigenvalue weighted by molar-refractivity contribution is 7.35. The molecule has 0 aliphatic heterocycles. The van der Waals surface area contributed by atoms with E-state index in [1.807, 2.05) is 0 Å². The molecule has 0 amide bonds. The van der Waals surface area contributed by atoms with Crippen LogP contribution in [0, 0.1) is 628 Å². The molecule has 0 spiro atoms. The Morgan fingerprint density at radius 1 is 0.0991 bits per heavy atom. The average molecular weight is 1340 g/mol. The summed E-state index contributed by atoms with van der Waals surface area (Å²) in [6.45, 7) is 3.15. The fraction of sp³-hybridized carbons (Fsp3) is 0.0275. The van der Waals surface area contributed by atoms with Gasteiger partial charge in [-0.2, -0.15) is 0 Å². The fourth-order valence-corrected chi connectivity index (χ4v) is 3.87. The first-order chi connectivity index (χ1) is 55.3. The zero-order valence-corrected chi connectivity index (χ0v) is 57.2. The van der Waals surface area contributed by atoms with Crippen molar-refractivity contribution in [3.8, 4) is 628 Å². The molecule has 0 radical (unpaired) electrons. The molecule has 0 unspecified atom stereocenters. The second-order valence-electron chi connectivity index (χ2n) is 14.6. The lowest BCUT2D eigenvalue weighted by Crippen LogP contribution is -2.32. The van der Waals surface area contributed by atoms with Crippen LogP contribution < -0.4 is 0 Å². The predicted octanol–water partition coefficient (Wildman–Crippen LogP) is 1.08. The molecule has 0 saturated heterocycles. The van der Waals surface area contributed by atoms with Crippen molar-refractivity contribution in [1.82, 2.24) is 0 Å². The van der Waals surface area contributed by atoms with Crippen molar-refractivity contribution in [2.45, 2.75) is 20.8 Å². The summed E-state index contributed by atoms with van der Waals surface area (Å²) in [6, 6.07) is 0. The average Bonchev–Trinajstić information content (AvgIpc) is 0.923. The van der Waals surface area contributed by atoms with Gasteiger partial charge in [0, 0.05) is 201 Å². The summed E-state index contributed by atoms with van der Waals surface area (Å²) in [5.41, 5.74) is 0.